The monoisotopic (exact) mass is 369 g/mol. The van der Waals surface area contributed by atoms with E-state index in [-0.39, 0.29) is 4.90 Å². The summed E-state index contributed by atoms with van der Waals surface area (Å²) in [5.41, 5.74) is 2.46. The first-order chi connectivity index (χ1) is 9.94. The molecule has 0 unspecified atom stereocenters. The topological polar surface area (TPSA) is 71.1 Å². The van der Waals surface area contributed by atoms with Gasteiger partial charge >= 0.3 is 0 Å². The third kappa shape index (κ3) is 3.81. The number of aryl methyl sites for hydroxylation is 1. The summed E-state index contributed by atoms with van der Waals surface area (Å²) in [7, 11) is -1.80. The molecule has 0 aliphatic carbocycles. The highest BCUT2D eigenvalue weighted by Gasteiger charge is 2.16. The summed E-state index contributed by atoms with van der Waals surface area (Å²) in [5, 5.41) is 3.03. The molecule has 1 aromatic carbocycles. The average molecular weight is 370 g/mol. The normalized spacial score (nSPS) is 11.4. The van der Waals surface area contributed by atoms with Gasteiger partial charge in [-0.15, -0.1) is 0 Å². The molecule has 5 nitrogen and oxygen atoms in total. The van der Waals surface area contributed by atoms with Crippen LogP contribution in [0.25, 0.3) is 0 Å². The second-order valence-corrected chi connectivity index (χ2v) is 7.12. The molecule has 0 atom stereocenters. The summed E-state index contributed by atoms with van der Waals surface area (Å²) in [5.74, 6) is 0. The van der Waals surface area contributed by atoms with Crippen LogP contribution in [0.3, 0.4) is 0 Å². The van der Waals surface area contributed by atoms with Crippen LogP contribution in [-0.4, -0.2) is 20.4 Å². The van der Waals surface area contributed by atoms with Gasteiger partial charge in [0.15, 0.2) is 0 Å². The quantitative estimate of drug-likeness (QED) is 0.849. The molecule has 7 heteroatoms. The number of nitrogens with one attached hydrogen (secondary N) is 2. The fraction of sp³-hybridized carbons (Fsp3) is 0.214. The van der Waals surface area contributed by atoms with Gasteiger partial charge in [0.25, 0.3) is 10.0 Å². The van der Waals surface area contributed by atoms with Crippen molar-refractivity contribution in [2.45, 2.75) is 18.4 Å². The maximum Gasteiger partial charge on any atom is 0.261 e. The molecule has 2 aromatic rings. The molecule has 2 N–H and O–H groups in total. The van der Waals surface area contributed by atoms with Crippen molar-refractivity contribution in [2.75, 3.05) is 11.8 Å². The van der Waals surface area contributed by atoms with Crippen LogP contribution >= 0.6 is 15.9 Å². The van der Waals surface area contributed by atoms with E-state index >= 15 is 0 Å². The minimum absolute atomic E-state index is 0.238. The van der Waals surface area contributed by atoms with Gasteiger partial charge in [-0.25, -0.2) is 8.42 Å². The number of nitrogens with zero attached hydrogens (tertiary/aromatic N) is 1. The molecule has 0 bridgehead atoms. The van der Waals surface area contributed by atoms with Crippen LogP contribution in [0.4, 0.5) is 5.69 Å². The van der Waals surface area contributed by atoms with E-state index in [0.29, 0.717) is 16.7 Å². The molecule has 112 valence electrons. The Bertz CT molecular complexity index is 748. The number of hydrogen-bond donors (Lipinski definition) is 2. The molecule has 1 aromatic heterocycles. The zero-order valence-corrected chi connectivity index (χ0v) is 14.1. The van der Waals surface area contributed by atoms with Crippen LogP contribution in [0.15, 0.2) is 46.0 Å². The van der Waals surface area contributed by atoms with Gasteiger partial charge in [0, 0.05) is 18.9 Å². The highest BCUT2D eigenvalue weighted by Crippen LogP contribution is 2.24. The van der Waals surface area contributed by atoms with Gasteiger partial charge in [-0.05, 0) is 59.2 Å². The Morgan fingerprint density at radius 2 is 2.05 bits per heavy atom. The second kappa shape index (κ2) is 6.55. The number of sulfonamides is 1. The third-order valence-electron chi connectivity index (χ3n) is 3.01. The Morgan fingerprint density at radius 1 is 1.29 bits per heavy atom. The molecule has 2 rings (SSSR count). The third-order valence-corrected chi connectivity index (χ3v) is 5.01. The van der Waals surface area contributed by atoms with E-state index in [2.05, 4.69) is 31.0 Å². The van der Waals surface area contributed by atoms with Crippen molar-refractivity contribution < 1.29 is 8.42 Å². The minimum Gasteiger partial charge on any atom is -0.316 e. The van der Waals surface area contributed by atoms with E-state index < -0.39 is 10.0 Å². The summed E-state index contributed by atoms with van der Waals surface area (Å²) in [4.78, 5) is 4.15. The number of aromatic nitrogens is 1. The van der Waals surface area contributed by atoms with Crippen molar-refractivity contribution in [3.05, 3.63) is 52.3 Å². The maximum absolute atomic E-state index is 12.4. The van der Waals surface area contributed by atoms with Crippen molar-refractivity contribution in [3.8, 4) is 0 Å². The molecule has 0 aliphatic heterocycles. The Kier molecular flexibility index (Phi) is 4.97. The molecule has 21 heavy (non-hydrogen) atoms. The molecule has 0 radical (unpaired) electrons. The lowest BCUT2D eigenvalue weighted by atomic mass is 10.1. The number of rotatable bonds is 5. The van der Waals surface area contributed by atoms with Crippen LogP contribution in [0.5, 0.6) is 0 Å². The summed E-state index contributed by atoms with van der Waals surface area (Å²) in [6.07, 6.45) is 3.07. The van der Waals surface area contributed by atoms with E-state index in [1.54, 1.807) is 24.4 Å². The summed E-state index contributed by atoms with van der Waals surface area (Å²) < 4.78 is 28.0. The molecule has 1 heterocycles. The molecule has 0 saturated heterocycles. The Balaban J connectivity index is 2.36. The van der Waals surface area contributed by atoms with Crippen LogP contribution in [-0.2, 0) is 16.6 Å². The maximum atomic E-state index is 12.4. The summed E-state index contributed by atoms with van der Waals surface area (Å²) >= 11 is 3.27. The fourth-order valence-corrected chi connectivity index (χ4v) is 3.47. The van der Waals surface area contributed by atoms with Crippen LogP contribution in [0, 0.1) is 6.92 Å². The van der Waals surface area contributed by atoms with Gasteiger partial charge in [0.05, 0.1) is 15.1 Å². The molecular formula is C14H16BrN3O2S. The molecule has 0 saturated carbocycles. The largest absolute Gasteiger partial charge is 0.316 e. The molecule has 0 spiro atoms. The van der Waals surface area contributed by atoms with E-state index in [9.17, 15) is 8.42 Å². The van der Waals surface area contributed by atoms with Crippen LogP contribution in [0.2, 0.25) is 0 Å². The number of halogens is 1. The van der Waals surface area contributed by atoms with Crippen molar-refractivity contribution in [1.82, 2.24) is 10.3 Å². The smallest absolute Gasteiger partial charge is 0.261 e. The predicted molar refractivity (Wildman–Crippen MR) is 86.7 cm³/mol. The Morgan fingerprint density at radius 3 is 2.71 bits per heavy atom. The molecule has 0 amide bonds. The highest BCUT2D eigenvalue weighted by molar-refractivity contribution is 9.10. The number of hydrogen-bond acceptors (Lipinski definition) is 4. The average Bonchev–Trinajstić information content (AvgIpc) is 2.44. The van der Waals surface area contributed by atoms with Gasteiger partial charge in [-0.3, -0.25) is 9.71 Å². The SMILES string of the molecule is CNCc1cc(S(=O)(=O)Nc2ccncc2Br)ccc1C. The first kappa shape index (κ1) is 15.9. The van der Waals surface area contributed by atoms with E-state index in [4.69, 9.17) is 0 Å². The lowest BCUT2D eigenvalue weighted by molar-refractivity contribution is 0.601. The van der Waals surface area contributed by atoms with Gasteiger partial charge in [0.2, 0.25) is 0 Å². The van der Waals surface area contributed by atoms with Crippen molar-refractivity contribution in [3.63, 3.8) is 0 Å². The highest BCUT2D eigenvalue weighted by atomic mass is 79.9. The van der Waals surface area contributed by atoms with E-state index in [1.165, 1.54) is 6.20 Å². The van der Waals surface area contributed by atoms with Gasteiger partial charge in [0.1, 0.15) is 0 Å². The molecule has 0 aliphatic rings. The molecule has 0 fully saturated rings. The van der Waals surface area contributed by atoms with Crippen molar-refractivity contribution in [2.24, 2.45) is 0 Å². The predicted octanol–water partition coefficient (Wildman–Crippen LogP) is 2.67. The van der Waals surface area contributed by atoms with Gasteiger partial charge in [-0.1, -0.05) is 6.07 Å². The van der Waals surface area contributed by atoms with Crippen molar-refractivity contribution >= 4 is 31.6 Å². The van der Waals surface area contributed by atoms with Crippen LogP contribution in [0.1, 0.15) is 11.1 Å². The Labute approximate surface area is 133 Å². The number of pyridine rings is 1. The zero-order valence-electron chi connectivity index (χ0n) is 11.7. The minimum atomic E-state index is -3.63. The van der Waals surface area contributed by atoms with Crippen LogP contribution < -0.4 is 10.0 Å². The second-order valence-electron chi connectivity index (χ2n) is 4.58. The lowest BCUT2D eigenvalue weighted by Crippen LogP contribution is -2.15. The standard InChI is InChI=1S/C14H16BrN3O2S/c1-10-3-4-12(7-11(10)8-16-2)21(19,20)18-14-5-6-17-9-13(14)15/h3-7,9,16H,8H2,1-2H3,(H,17,18). The van der Waals surface area contributed by atoms with E-state index in [0.717, 1.165) is 11.1 Å². The van der Waals surface area contributed by atoms with Crippen molar-refractivity contribution in [1.29, 1.82) is 0 Å². The molecular weight excluding hydrogens is 354 g/mol. The fourth-order valence-electron chi connectivity index (χ4n) is 1.86. The number of anilines is 1. The summed E-state index contributed by atoms with van der Waals surface area (Å²) in [6, 6.07) is 6.70. The Hall–Kier alpha value is -1.44. The first-order valence-electron chi connectivity index (χ1n) is 6.30. The number of benzene rings is 1. The van der Waals surface area contributed by atoms with E-state index in [1.807, 2.05) is 20.0 Å². The summed E-state index contributed by atoms with van der Waals surface area (Å²) in [6.45, 7) is 2.57. The van der Waals surface area contributed by atoms with Gasteiger partial charge in [-0.2, -0.15) is 0 Å². The van der Waals surface area contributed by atoms with Gasteiger partial charge < -0.3 is 5.32 Å². The lowest BCUT2D eigenvalue weighted by Gasteiger charge is -2.12. The zero-order chi connectivity index (χ0) is 15.5. The first-order valence-corrected chi connectivity index (χ1v) is 8.58.